The summed E-state index contributed by atoms with van der Waals surface area (Å²) in [7, 11) is 0. The van der Waals surface area contributed by atoms with Crippen molar-refractivity contribution in [2.45, 2.75) is 33.2 Å². The highest BCUT2D eigenvalue weighted by Gasteiger charge is 2.12. The van der Waals surface area contributed by atoms with Gasteiger partial charge in [-0.2, -0.15) is 4.98 Å². The van der Waals surface area contributed by atoms with Gasteiger partial charge in [0.2, 0.25) is 5.91 Å². The Labute approximate surface area is 175 Å². The summed E-state index contributed by atoms with van der Waals surface area (Å²) in [6.45, 7) is 5.96. The minimum Gasteiger partial charge on any atom is -0.379 e. The number of carbonyl (C=O) groups excluding carboxylic acids is 1. The molecule has 2 aromatic carbocycles. The fraction of sp³-hybridized carbons (Fsp3) is 0.217. The maximum Gasteiger partial charge on any atom is 0.252 e. The molecule has 1 amide bonds. The van der Waals surface area contributed by atoms with E-state index in [0.29, 0.717) is 11.6 Å². The van der Waals surface area contributed by atoms with Crippen molar-refractivity contribution < 1.29 is 4.79 Å². The number of amides is 1. The lowest BCUT2D eigenvalue weighted by Gasteiger charge is -2.16. The van der Waals surface area contributed by atoms with Crippen LogP contribution in [0.2, 0.25) is 0 Å². The minimum atomic E-state index is -0.168. The number of fused-ring (bicyclic) bond motifs is 1. The lowest BCUT2D eigenvalue weighted by atomic mass is 10.1. The van der Waals surface area contributed by atoms with Crippen LogP contribution in [0.3, 0.4) is 0 Å². The summed E-state index contributed by atoms with van der Waals surface area (Å²) < 4.78 is 1.66. The highest BCUT2D eigenvalue weighted by Crippen LogP contribution is 2.20. The van der Waals surface area contributed by atoms with Crippen molar-refractivity contribution in [3.63, 3.8) is 0 Å². The predicted molar refractivity (Wildman–Crippen MR) is 118 cm³/mol. The summed E-state index contributed by atoms with van der Waals surface area (Å²) in [5, 5.41) is 10.7. The molecule has 4 aromatic rings. The second-order valence-electron chi connectivity index (χ2n) is 7.36. The molecule has 0 bridgehead atoms. The molecule has 2 N–H and O–H groups in total. The first-order valence-electron chi connectivity index (χ1n) is 9.89. The van der Waals surface area contributed by atoms with E-state index in [1.54, 1.807) is 4.52 Å². The summed E-state index contributed by atoms with van der Waals surface area (Å²) in [4.78, 5) is 21.1. The fourth-order valence-electron chi connectivity index (χ4n) is 3.36. The van der Waals surface area contributed by atoms with Gasteiger partial charge in [-0.15, -0.1) is 5.10 Å². The van der Waals surface area contributed by atoms with E-state index in [-0.39, 0.29) is 18.4 Å². The molecule has 0 radical (unpaired) electrons. The number of hydrogen-bond donors (Lipinski definition) is 2. The molecule has 4 rings (SSSR count). The topological polar surface area (TPSA) is 84.2 Å². The zero-order valence-corrected chi connectivity index (χ0v) is 17.3. The number of benzene rings is 2. The van der Waals surface area contributed by atoms with Crippen molar-refractivity contribution in [3.8, 4) is 0 Å². The summed E-state index contributed by atoms with van der Waals surface area (Å²) in [5.41, 5.74) is 4.74. The van der Waals surface area contributed by atoms with E-state index >= 15 is 0 Å². The van der Waals surface area contributed by atoms with Crippen LogP contribution < -0.4 is 10.6 Å². The standard InChI is InChI=1S/C23H24N6O/c1-15-13-16(2)29-23(24-15)27-21(28-29)14-22(30)26-20-11-9-19(10-12-20)25-17(3)18-7-5-4-6-8-18/h4-13,17,25H,14H2,1-3H3,(H,26,30). The van der Waals surface area contributed by atoms with Gasteiger partial charge >= 0.3 is 0 Å². The van der Waals surface area contributed by atoms with Crippen molar-refractivity contribution in [3.05, 3.63) is 83.4 Å². The lowest BCUT2D eigenvalue weighted by Crippen LogP contribution is -2.15. The van der Waals surface area contributed by atoms with Crippen molar-refractivity contribution >= 4 is 23.1 Å². The Kier molecular flexibility index (Phi) is 5.43. The first-order valence-corrected chi connectivity index (χ1v) is 9.89. The van der Waals surface area contributed by atoms with E-state index in [2.05, 4.69) is 44.8 Å². The zero-order chi connectivity index (χ0) is 21.1. The molecular formula is C23H24N6O. The molecule has 0 saturated heterocycles. The molecule has 0 aliphatic rings. The van der Waals surface area contributed by atoms with E-state index in [0.717, 1.165) is 22.8 Å². The summed E-state index contributed by atoms with van der Waals surface area (Å²) in [5.74, 6) is 0.792. The van der Waals surface area contributed by atoms with E-state index in [1.807, 2.05) is 62.4 Å². The third-order valence-electron chi connectivity index (χ3n) is 4.83. The smallest absolute Gasteiger partial charge is 0.252 e. The molecule has 152 valence electrons. The summed E-state index contributed by atoms with van der Waals surface area (Å²) in [6, 6.07) is 20.0. The maximum atomic E-state index is 12.4. The fourth-order valence-corrected chi connectivity index (χ4v) is 3.36. The highest BCUT2D eigenvalue weighted by atomic mass is 16.1. The Morgan fingerprint density at radius 1 is 1.00 bits per heavy atom. The average molecular weight is 400 g/mol. The second kappa shape index (κ2) is 8.32. The number of hydrogen-bond acceptors (Lipinski definition) is 5. The number of aromatic nitrogens is 4. The summed E-state index contributed by atoms with van der Waals surface area (Å²) >= 11 is 0. The Morgan fingerprint density at radius 3 is 2.43 bits per heavy atom. The molecule has 7 heteroatoms. The normalized spacial score (nSPS) is 12.0. The molecule has 2 heterocycles. The number of rotatable bonds is 6. The molecule has 0 fully saturated rings. The molecule has 0 spiro atoms. The van der Waals surface area contributed by atoms with Gasteiger partial charge in [0.05, 0.1) is 6.42 Å². The summed E-state index contributed by atoms with van der Waals surface area (Å²) in [6.07, 6.45) is 0.0902. The Balaban J connectivity index is 1.37. The molecule has 2 aromatic heterocycles. The van der Waals surface area contributed by atoms with Gasteiger partial charge in [0.1, 0.15) is 0 Å². The van der Waals surface area contributed by atoms with Crippen LogP contribution in [0.4, 0.5) is 11.4 Å². The van der Waals surface area contributed by atoms with E-state index in [9.17, 15) is 4.79 Å². The van der Waals surface area contributed by atoms with Crippen molar-refractivity contribution in [2.75, 3.05) is 10.6 Å². The molecule has 1 atom stereocenters. The monoisotopic (exact) mass is 400 g/mol. The van der Waals surface area contributed by atoms with Gasteiger partial charge in [0.15, 0.2) is 5.82 Å². The van der Waals surface area contributed by atoms with Gasteiger partial charge in [-0.25, -0.2) is 9.50 Å². The van der Waals surface area contributed by atoms with Crippen molar-refractivity contribution in [2.24, 2.45) is 0 Å². The molecule has 7 nitrogen and oxygen atoms in total. The van der Waals surface area contributed by atoms with Gasteiger partial charge in [-0.05, 0) is 56.7 Å². The predicted octanol–water partition coefficient (Wildman–Crippen LogP) is 4.10. The third kappa shape index (κ3) is 4.46. The molecular weight excluding hydrogens is 376 g/mol. The largest absolute Gasteiger partial charge is 0.379 e. The SMILES string of the molecule is Cc1cc(C)n2nc(CC(=O)Nc3ccc(NC(C)c4ccccc4)cc3)nc2n1. The van der Waals surface area contributed by atoms with Gasteiger partial charge in [0, 0.05) is 28.8 Å². The highest BCUT2D eigenvalue weighted by molar-refractivity contribution is 5.92. The zero-order valence-electron chi connectivity index (χ0n) is 17.3. The first kappa shape index (κ1) is 19.6. The van der Waals surface area contributed by atoms with Crippen molar-refractivity contribution in [1.29, 1.82) is 0 Å². The quantitative estimate of drug-likeness (QED) is 0.509. The third-order valence-corrected chi connectivity index (χ3v) is 4.83. The van der Waals surface area contributed by atoms with Gasteiger partial charge in [-0.1, -0.05) is 30.3 Å². The van der Waals surface area contributed by atoms with Gasteiger partial charge < -0.3 is 10.6 Å². The van der Waals surface area contributed by atoms with Crippen LogP contribution in [0.5, 0.6) is 0 Å². The number of anilines is 2. The average Bonchev–Trinajstić information content (AvgIpc) is 3.12. The van der Waals surface area contributed by atoms with Crippen LogP contribution in [0.15, 0.2) is 60.7 Å². The van der Waals surface area contributed by atoms with E-state index < -0.39 is 0 Å². The van der Waals surface area contributed by atoms with Gasteiger partial charge in [0.25, 0.3) is 5.78 Å². The lowest BCUT2D eigenvalue weighted by molar-refractivity contribution is -0.115. The van der Waals surface area contributed by atoms with Crippen molar-refractivity contribution in [1.82, 2.24) is 19.6 Å². The van der Waals surface area contributed by atoms with E-state index in [4.69, 9.17) is 0 Å². The Bertz CT molecular complexity index is 1170. The van der Waals surface area contributed by atoms with Crippen LogP contribution in [0.1, 0.15) is 35.7 Å². The maximum absolute atomic E-state index is 12.4. The molecule has 1 unspecified atom stereocenters. The van der Waals surface area contributed by atoms with Crippen LogP contribution in [-0.4, -0.2) is 25.5 Å². The van der Waals surface area contributed by atoms with E-state index in [1.165, 1.54) is 5.56 Å². The van der Waals surface area contributed by atoms with Crippen LogP contribution in [0, 0.1) is 13.8 Å². The van der Waals surface area contributed by atoms with Gasteiger partial charge in [-0.3, -0.25) is 4.79 Å². The minimum absolute atomic E-state index is 0.0902. The Morgan fingerprint density at radius 2 is 1.70 bits per heavy atom. The first-order chi connectivity index (χ1) is 14.5. The number of aryl methyl sites for hydroxylation is 2. The number of carbonyl (C=O) groups is 1. The number of nitrogens with zero attached hydrogens (tertiary/aromatic N) is 4. The van der Waals surface area contributed by atoms with Crippen LogP contribution in [-0.2, 0) is 11.2 Å². The molecule has 0 aliphatic carbocycles. The van der Waals surface area contributed by atoms with Crippen LogP contribution in [0.25, 0.3) is 5.78 Å². The Hall–Kier alpha value is -3.74. The second-order valence-corrected chi connectivity index (χ2v) is 7.36. The molecule has 0 saturated carbocycles. The number of nitrogens with one attached hydrogen (secondary N) is 2. The molecule has 30 heavy (non-hydrogen) atoms. The van der Waals surface area contributed by atoms with Crippen LogP contribution >= 0.6 is 0 Å². The molecule has 0 aliphatic heterocycles.